The average molecular weight is 267 g/mol. The molecule has 0 aliphatic heterocycles. The highest BCUT2D eigenvalue weighted by atomic mass is 32.1. The topological polar surface area (TPSA) is 51.8 Å². The van der Waals surface area contributed by atoms with Crippen molar-refractivity contribution in [3.05, 3.63) is 59.7 Å². The zero-order valence-corrected chi connectivity index (χ0v) is 11.1. The molecule has 3 rings (SSSR count). The molecular weight excluding hydrogens is 254 g/mol. The van der Waals surface area contributed by atoms with Crippen LogP contribution in [0.3, 0.4) is 0 Å². The minimum absolute atomic E-state index is 0.502. The summed E-state index contributed by atoms with van der Waals surface area (Å²) in [7, 11) is 0. The van der Waals surface area contributed by atoms with E-state index in [1.165, 1.54) is 0 Å². The Morgan fingerprint density at radius 2 is 1.79 bits per heavy atom. The molecule has 94 valence electrons. The van der Waals surface area contributed by atoms with Crippen LogP contribution in [0.5, 0.6) is 0 Å². The van der Waals surface area contributed by atoms with Crippen molar-refractivity contribution >= 4 is 11.3 Å². The summed E-state index contributed by atoms with van der Waals surface area (Å²) in [4.78, 5) is 9.96. The van der Waals surface area contributed by atoms with Gasteiger partial charge in [-0.3, -0.25) is 4.98 Å². The first-order valence-corrected chi connectivity index (χ1v) is 6.85. The molecule has 0 amide bonds. The molecule has 0 spiro atoms. The lowest BCUT2D eigenvalue weighted by Gasteiger charge is -1.98. The van der Waals surface area contributed by atoms with Gasteiger partial charge in [-0.1, -0.05) is 30.3 Å². The Morgan fingerprint density at radius 3 is 2.47 bits per heavy atom. The van der Waals surface area contributed by atoms with Crippen LogP contribution in [-0.4, -0.2) is 9.97 Å². The molecule has 2 aromatic heterocycles. The summed E-state index contributed by atoms with van der Waals surface area (Å²) < 4.78 is 0. The van der Waals surface area contributed by atoms with Gasteiger partial charge in [0.2, 0.25) is 0 Å². The predicted octanol–water partition coefficient (Wildman–Crippen LogP) is 3.33. The molecule has 0 bridgehead atoms. The zero-order chi connectivity index (χ0) is 13.1. The largest absolute Gasteiger partial charge is 0.326 e. The Labute approximate surface area is 115 Å². The lowest BCUT2D eigenvalue weighted by atomic mass is 10.1. The molecule has 3 aromatic rings. The van der Waals surface area contributed by atoms with Gasteiger partial charge in [-0.2, -0.15) is 0 Å². The summed E-state index contributed by atoms with van der Waals surface area (Å²) in [5, 5.41) is 0.965. The number of hydrogen-bond donors (Lipinski definition) is 1. The molecule has 0 radical (unpaired) electrons. The number of nitrogens with zero attached hydrogens (tertiary/aromatic N) is 2. The first-order chi connectivity index (χ1) is 9.38. The highest BCUT2D eigenvalue weighted by Crippen LogP contribution is 2.33. The van der Waals surface area contributed by atoms with Crippen molar-refractivity contribution in [2.75, 3.05) is 0 Å². The fourth-order valence-corrected chi connectivity index (χ4v) is 2.88. The van der Waals surface area contributed by atoms with E-state index in [1.54, 1.807) is 17.5 Å². The maximum atomic E-state index is 5.83. The fraction of sp³-hybridized carbons (Fsp3) is 0.0667. The van der Waals surface area contributed by atoms with Gasteiger partial charge in [-0.25, -0.2) is 4.98 Å². The van der Waals surface area contributed by atoms with Crippen LogP contribution in [0.4, 0.5) is 0 Å². The van der Waals surface area contributed by atoms with Crippen molar-refractivity contribution in [1.29, 1.82) is 0 Å². The molecule has 0 aliphatic carbocycles. The van der Waals surface area contributed by atoms with E-state index in [9.17, 15) is 0 Å². The molecule has 0 fully saturated rings. The van der Waals surface area contributed by atoms with E-state index in [4.69, 9.17) is 10.7 Å². The number of rotatable bonds is 3. The van der Waals surface area contributed by atoms with Crippen LogP contribution in [0.25, 0.3) is 21.8 Å². The minimum atomic E-state index is 0.502. The van der Waals surface area contributed by atoms with Crippen molar-refractivity contribution in [3.63, 3.8) is 0 Å². The molecule has 0 saturated carbocycles. The van der Waals surface area contributed by atoms with Gasteiger partial charge in [0.25, 0.3) is 0 Å². The van der Waals surface area contributed by atoms with E-state index >= 15 is 0 Å². The predicted molar refractivity (Wildman–Crippen MR) is 78.7 cm³/mol. The van der Waals surface area contributed by atoms with Crippen LogP contribution in [0, 0.1) is 0 Å². The van der Waals surface area contributed by atoms with Crippen LogP contribution >= 0.6 is 11.3 Å². The summed E-state index contributed by atoms with van der Waals surface area (Å²) in [5.74, 6) is 0. The van der Waals surface area contributed by atoms with Gasteiger partial charge in [0.1, 0.15) is 5.01 Å². The standard InChI is InChI=1S/C15H13N3S/c16-9-13-14(11-5-2-1-3-6-11)18-15(19-13)12-7-4-8-17-10-12/h1-8,10H,9,16H2. The van der Waals surface area contributed by atoms with Crippen LogP contribution < -0.4 is 5.73 Å². The summed E-state index contributed by atoms with van der Waals surface area (Å²) in [6.45, 7) is 0.502. The Balaban J connectivity index is 2.09. The highest BCUT2D eigenvalue weighted by Gasteiger charge is 2.12. The van der Waals surface area contributed by atoms with Gasteiger partial charge in [-0.15, -0.1) is 11.3 Å². The summed E-state index contributed by atoms with van der Waals surface area (Å²) in [6, 6.07) is 14.1. The Bertz CT molecular complexity index is 662. The zero-order valence-electron chi connectivity index (χ0n) is 10.3. The van der Waals surface area contributed by atoms with E-state index in [2.05, 4.69) is 17.1 Å². The van der Waals surface area contributed by atoms with Gasteiger partial charge in [-0.05, 0) is 12.1 Å². The van der Waals surface area contributed by atoms with Crippen LogP contribution in [0.2, 0.25) is 0 Å². The Hall–Kier alpha value is -2.04. The van der Waals surface area contributed by atoms with Crippen LogP contribution in [0.15, 0.2) is 54.9 Å². The fourth-order valence-electron chi connectivity index (χ4n) is 1.92. The van der Waals surface area contributed by atoms with E-state index in [0.29, 0.717) is 6.54 Å². The van der Waals surface area contributed by atoms with Crippen molar-refractivity contribution in [2.24, 2.45) is 5.73 Å². The molecule has 3 nitrogen and oxygen atoms in total. The second-order valence-electron chi connectivity index (χ2n) is 4.10. The first-order valence-electron chi connectivity index (χ1n) is 6.04. The third-order valence-corrected chi connectivity index (χ3v) is 3.97. The van der Waals surface area contributed by atoms with Gasteiger partial charge in [0, 0.05) is 34.9 Å². The molecule has 0 aliphatic rings. The lowest BCUT2D eigenvalue weighted by Crippen LogP contribution is -1.95. The Morgan fingerprint density at radius 1 is 1.00 bits per heavy atom. The quantitative estimate of drug-likeness (QED) is 0.792. The molecule has 0 unspecified atom stereocenters. The highest BCUT2D eigenvalue weighted by molar-refractivity contribution is 7.15. The molecule has 2 heterocycles. The van der Waals surface area contributed by atoms with Crippen LogP contribution in [0.1, 0.15) is 4.88 Å². The smallest absolute Gasteiger partial charge is 0.125 e. The number of aromatic nitrogens is 2. The molecule has 19 heavy (non-hydrogen) atoms. The lowest BCUT2D eigenvalue weighted by molar-refractivity contribution is 1.10. The second-order valence-corrected chi connectivity index (χ2v) is 5.19. The number of thiazole rings is 1. The van der Waals surface area contributed by atoms with E-state index < -0.39 is 0 Å². The van der Waals surface area contributed by atoms with Gasteiger partial charge in [0.05, 0.1) is 5.69 Å². The van der Waals surface area contributed by atoms with Crippen molar-refractivity contribution in [1.82, 2.24) is 9.97 Å². The van der Waals surface area contributed by atoms with Gasteiger partial charge in [0.15, 0.2) is 0 Å². The average Bonchev–Trinajstić information content (AvgIpc) is 2.93. The van der Waals surface area contributed by atoms with Gasteiger partial charge < -0.3 is 5.73 Å². The number of hydrogen-bond acceptors (Lipinski definition) is 4. The Kier molecular flexibility index (Phi) is 3.35. The monoisotopic (exact) mass is 267 g/mol. The summed E-state index contributed by atoms with van der Waals surface area (Å²) >= 11 is 1.63. The SMILES string of the molecule is NCc1sc(-c2cccnc2)nc1-c1ccccc1. The van der Waals surface area contributed by atoms with Gasteiger partial charge >= 0.3 is 0 Å². The van der Waals surface area contributed by atoms with Crippen molar-refractivity contribution in [3.8, 4) is 21.8 Å². The molecule has 4 heteroatoms. The number of nitrogens with two attached hydrogens (primary N) is 1. The normalized spacial score (nSPS) is 10.6. The maximum Gasteiger partial charge on any atom is 0.125 e. The van der Waals surface area contributed by atoms with E-state index in [1.807, 2.05) is 36.5 Å². The van der Waals surface area contributed by atoms with Crippen molar-refractivity contribution in [2.45, 2.75) is 6.54 Å². The summed E-state index contributed by atoms with van der Waals surface area (Å²) in [6.07, 6.45) is 3.59. The summed E-state index contributed by atoms with van der Waals surface area (Å²) in [5.41, 5.74) is 8.95. The third-order valence-electron chi connectivity index (χ3n) is 2.84. The number of benzene rings is 1. The van der Waals surface area contributed by atoms with E-state index in [-0.39, 0.29) is 0 Å². The van der Waals surface area contributed by atoms with Crippen molar-refractivity contribution < 1.29 is 0 Å². The minimum Gasteiger partial charge on any atom is -0.326 e. The van der Waals surface area contributed by atoms with Crippen LogP contribution in [-0.2, 0) is 6.54 Å². The molecule has 2 N–H and O–H groups in total. The maximum absolute atomic E-state index is 5.83. The first kappa shape index (κ1) is 12.0. The number of pyridine rings is 1. The second kappa shape index (κ2) is 5.30. The molecule has 0 atom stereocenters. The molecule has 1 aromatic carbocycles. The molecular formula is C15H13N3S. The third kappa shape index (κ3) is 2.41. The molecule has 0 saturated heterocycles. The van der Waals surface area contributed by atoms with E-state index in [0.717, 1.165) is 26.7 Å².